The summed E-state index contributed by atoms with van der Waals surface area (Å²) < 4.78 is 13.5. The molecule has 0 radical (unpaired) electrons. The van der Waals surface area contributed by atoms with E-state index in [-0.39, 0.29) is 5.82 Å². The van der Waals surface area contributed by atoms with Gasteiger partial charge in [-0.25, -0.2) is 4.39 Å². The Morgan fingerprint density at radius 2 is 2.06 bits per heavy atom. The fourth-order valence-electron chi connectivity index (χ4n) is 1.52. The maximum atomic E-state index is 13.5. The van der Waals surface area contributed by atoms with Crippen LogP contribution in [-0.4, -0.2) is 6.04 Å². The van der Waals surface area contributed by atoms with Gasteiger partial charge in [-0.1, -0.05) is 37.9 Å². The number of rotatable bonds is 5. The first-order chi connectivity index (χ1) is 7.56. The van der Waals surface area contributed by atoms with E-state index in [2.05, 4.69) is 26.1 Å². The first-order valence-corrected chi connectivity index (χ1v) is 6.10. The molecule has 0 spiro atoms. The molecule has 0 aromatic heterocycles. The zero-order valence-corrected chi connectivity index (χ0v) is 10.8. The van der Waals surface area contributed by atoms with E-state index in [4.69, 9.17) is 11.6 Å². The predicted octanol–water partition coefficient (Wildman–Crippen LogP) is 4.00. The van der Waals surface area contributed by atoms with Gasteiger partial charge in [-0.15, -0.1) is 0 Å². The van der Waals surface area contributed by atoms with Gasteiger partial charge in [-0.2, -0.15) is 0 Å². The molecule has 0 bridgehead atoms. The van der Waals surface area contributed by atoms with Crippen molar-refractivity contribution in [3.05, 3.63) is 34.6 Å². The van der Waals surface area contributed by atoms with Gasteiger partial charge < -0.3 is 5.32 Å². The van der Waals surface area contributed by atoms with Crippen molar-refractivity contribution in [2.24, 2.45) is 5.92 Å². The summed E-state index contributed by atoms with van der Waals surface area (Å²) in [5.41, 5.74) is 0.555. The second-order valence-corrected chi connectivity index (χ2v) is 4.66. The quantitative estimate of drug-likeness (QED) is 0.824. The molecule has 3 heteroatoms. The Kier molecular flexibility index (Phi) is 5.23. The molecule has 1 rings (SSSR count). The van der Waals surface area contributed by atoms with Crippen molar-refractivity contribution in [1.29, 1.82) is 0 Å². The summed E-state index contributed by atoms with van der Waals surface area (Å²) in [4.78, 5) is 0. The summed E-state index contributed by atoms with van der Waals surface area (Å²) in [6, 6.07) is 5.15. The lowest BCUT2D eigenvalue weighted by Crippen LogP contribution is -2.31. The van der Waals surface area contributed by atoms with Crippen molar-refractivity contribution >= 4 is 11.6 Å². The Hall–Kier alpha value is -0.600. The fraction of sp³-hybridized carbons (Fsp3) is 0.538. The normalized spacial score (nSPS) is 14.8. The Morgan fingerprint density at radius 3 is 2.62 bits per heavy atom. The zero-order chi connectivity index (χ0) is 12.1. The minimum atomic E-state index is -0.239. The third-order valence-electron chi connectivity index (χ3n) is 3.16. The highest BCUT2D eigenvalue weighted by atomic mass is 35.5. The molecule has 0 saturated heterocycles. The Morgan fingerprint density at radius 1 is 1.38 bits per heavy atom. The van der Waals surface area contributed by atoms with Crippen molar-refractivity contribution in [2.75, 3.05) is 0 Å². The second-order valence-electron chi connectivity index (χ2n) is 4.26. The van der Waals surface area contributed by atoms with Gasteiger partial charge >= 0.3 is 0 Å². The minimum absolute atomic E-state index is 0.239. The van der Waals surface area contributed by atoms with Crippen LogP contribution < -0.4 is 5.32 Å². The van der Waals surface area contributed by atoms with Crippen molar-refractivity contribution in [1.82, 2.24) is 5.32 Å². The second kappa shape index (κ2) is 6.21. The van der Waals surface area contributed by atoms with Crippen LogP contribution >= 0.6 is 11.6 Å². The monoisotopic (exact) mass is 243 g/mol. The SMILES string of the molecule is CCC(C)C(C)NCc1c(F)cccc1Cl. The van der Waals surface area contributed by atoms with Gasteiger partial charge in [0.2, 0.25) is 0 Å². The van der Waals surface area contributed by atoms with E-state index < -0.39 is 0 Å². The highest BCUT2D eigenvalue weighted by Crippen LogP contribution is 2.19. The Bertz CT molecular complexity index is 320. The predicted molar refractivity (Wildman–Crippen MR) is 67.2 cm³/mol. The lowest BCUT2D eigenvalue weighted by molar-refractivity contribution is 0.386. The van der Waals surface area contributed by atoms with E-state index in [0.717, 1.165) is 6.42 Å². The first-order valence-electron chi connectivity index (χ1n) is 5.72. The van der Waals surface area contributed by atoms with Crippen LogP contribution in [0.4, 0.5) is 4.39 Å². The molecule has 90 valence electrons. The van der Waals surface area contributed by atoms with E-state index in [1.54, 1.807) is 12.1 Å². The molecule has 0 saturated carbocycles. The molecule has 1 N–H and O–H groups in total. The van der Waals surface area contributed by atoms with Crippen LogP contribution in [-0.2, 0) is 6.54 Å². The van der Waals surface area contributed by atoms with Gasteiger partial charge in [0.05, 0.1) is 0 Å². The lowest BCUT2D eigenvalue weighted by atomic mass is 10.0. The first kappa shape index (κ1) is 13.5. The van der Waals surface area contributed by atoms with E-state index >= 15 is 0 Å². The maximum Gasteiger partial charge on any atom is 0.129 e. The maximum absolute atomic E-state index is 13.5. The van der Waals surface area contributed by atoms with Gasteiger partial charge in [0, 0.05) is 23.2 Å². The number of nitrogens with one attached hydrogen (secondary N) is 1. The molecule has 1 aromatic carbocycles. The summed E-state index contributed by atoms with van der Waals surface area (Å²) in [6.45, 7) is 6.93. The van der Waals surface area contributed by atoms with E-state index in [1.807, 2.05) is 0 Å². The average molecular weight is 244 g/mol. The molecular formula is C13H19ClFN. The molecule has 0 aliphatic carbocycles. The molecule has 0 heterocycles. The number of halogens is 2. The van der Waals surface area contributed by atoms with Gasteiger partial charge in [0.1, 0.15) is 5.82 Å². The van der Waals surface area contributed by atoms with Crippen molar-refractivity contribution in [3.8, 4) is 0 Å². The van der Waals surface area contributed by atoms with Crippen molar-refractivity contribution < 1.29 is 4.39 Å². The van der Waals surface area contributed by atoms with E-state index in [0.29, 0.717) is 29.1 Å². The van der Waals surface area contributed by atoms with Crippen LogP contribution in [0.25, 0.3) is 0 Å². The summed E-state index contributed by atoms with van der Waals surface area (Å²) in [5, 5.41) is 3.80. The minimum Gasteiger partial charge on any atom is -0.310 e. The molecule has 0 aliphatic heterocycles. The molecule has 1 aromatic rings. The number of hydrogen-bond acceptors (Lipinski definition) is 1. The van der Waals surface area contributed by atoms with Gasteiger partial charge in [-0.05, 0) is 25.0 Å². The molecule has 1 nitrogen and oxygen atoms in total. The highest BCUT2D eigenvalue weighted by molar-refractivity contribution is 6.31. The molecule has 0 aliphatic rings. The number of benzene rings is 1. The smallest absolute Gasteiger partial charge is 0.129 e. The van der Waals surface area contributed by atoms with E-state index in [9.17, 15) is 4.39 Å². The zero-order valence-electron chi connectivity index (χ0n) is 10.1. The summed E-state index contributed by atoms with van der Waals surface area (Å²) in [6.07, 6.45) is 1.11. The van der Waals surface area contributed by atoms with Crippen molar-refractivity contribution in [2.45, 2.75) is 39.8 Å². The summed E-state index contributed by atoms with van der Waals surface area (Å²) in [7, 11) is 0. The topological polar surface area (TPSA) is 12.0 Å². The average Bonchev–Trinajstić information content (AvgIpc) is 2.27. The van der Waals surface area contributed by atoms with Crippen LogP contribution in [0.2, 0.25) is 5.02 Å². The summed E-state index contributed by atoms with van der Waals surface area (Å²) in [5.74, 6) is 0.335. The Labute approximate surface area is 102 Å². The van der Waals surface area contributed by atoms with Crippen LogP contribution in [0.15, 0.2) is 18.2 Å². The van der Waals surface area contributed by atoms with Crippen LogP contribution in [0.3, 0.4) is 0 Å². The molecule has 0 amide bonds. The number of hydrogen-bond donors (Lipinski definition) is 1. The molecule has 2 atom stereocenters. The van der Waals surface area contributed by atoms with Gasteiger partial charge in [0.25, 0.3) is 0 Å². The molecule has 0 fully saturated rings. The fourth-order valence-corrected chi connectivity index (χ4v) is 1.75. The Balaban J connectivity index is 2.61. The van der Waals surface area contributed by atoms with Gasteiger partial charge in [-0.3, -0.25) is 0 Å². The van der Waals surface area contributed by atoms with Crippen molar-refractivity contribution in [3.63, 3.8) is 0 Å². The standard InChI is InChI=1S/C13H19ClFN/c1-4-9(2)10(3)16-8-11-12(14)6-5-7-13(11)15/h5-7,9-10,16H,4,8H2,1-3H3. The van der Waals surface area contributed by atoms with Gasteiger partial charge in [0.15, 0.2) is 0 Å². The third-order valence-corrected chi connectivity index (χ3v) is 3.51. The lowest BCUT2D eigenvalue weighted by Gasteiger charge is -2.20. The van der Waals surface area contributed by atoms with Crippen LogP contribution in [0, 0.1) is 11.7 Å². The molecule has 16 heavy (non-hydrogen) atoms. The summed E-state index contributed by atoms with van der Waals surface area (Å²) >= 11 is 5.95. The van der Waals surface area contributed by atoms with Crippen LogP contribution in [0.5, 0.6) is 0 Å². The molecular weight excluding hydrogens is 225 g/mol. The van der Waals surface area contributed by atoms with Crippen LogP contribution in [0.1, 0.15) is 32.8 Å². The third kappa shape index (κ3) is 3.46. The largest absolute Gasteiger partial charge is 0.310 e. The van der Waals surface area contributed by atoms with E-state index in [1.165, 1.54) is 6.07 Å². The molecule has 2 unspecified atom stereocenters. The highest BCUT2D eigenvalue weighted by Gasteiger charge is 2.12.